The van der Waals surface area contributed by atoms with Crippen molar-refractivity contribution in [2.45, 2.75) is 25.6 Å². The van der Waals surface area contributed by atoms with Crippen LogP contribution in [-0.2, 0) is 6.54 Å². The van der Waals surface area contributed by atoms with E-state index in [1.165, 1.54) is 5.56 Å². The van der Waals surface area contributed by atoms with Crippen LogP contribution < -0.4 is 0 Å². The fraction of sp³-hybridized carbons (Fsp3) is 0.381. The van der Waals surface area contributed by atoms with Gasteiger partial charge in [-0.2, -0.15) is 0 Å². The highest BCUT2D eigenvalue weighted by Crippen LogP contribution is 2.47. The molecule has 3 unspecified atom stereocenters. The molecule has 2 aromatic carbocycles. The van der Waals surface area contributed by atoms with Crippen LogP contribution in [0.4, 0.5) is 0 Å². The lowest BCUT2D eigenvalue weighted by Crippen LogP contribution is -2.47. The number of hydrogen-bond acceptors (Lipinski definition) is 3. The Morgan fingerprint density at radius 3 is 2.56 bits per heavy atom. The van der Waals surface area contributed by atoms with Crippen molar-refractivity contribution >= 4 is 5.91 Å². The van der Waals surface area contributed by atoms with E-state index in [1.807, 2.05) is 54.4 Å². The molecular weight excluding hydrogens is 312 g/mol. The average Bonchev–Trinajstić information content (AvgIpc) is 2.95. The molecular formula is C21H24N2O2. The van der Waals surface area contributed by atoms with Gasteiger partial charge in [0.1, 0.15) is 0 Å². The van der Waals surface area contributed by atoms with Gasteiger partial charge >= 0.3 is 0 Å². The van der Waals surface area contributed by atoms with Crippen molar-refractivity contribution in [3.63, 3.8) is 0 Å². The first-order chi connectivity index (χ1) is 12.0. The molecule has 2 aliphatic heterocycles. The van der Waals surface area contributed by atoms with Crippen molar-refractivity contribution in [3.8, 4) is 0 Å². The topological polar surface area (TPSA) is 43.8 Å². The molecule has 0 saturated carbocycles. The van der Waals surface area contributed by atoms with Gasteiger partial charge in [0.25, 0.3) is 5.91 Å². The summed E-state index contributed by atoms with van der Waals surface area (Å²) in [6.07, 6.45) is -0.650. The van der Waals surface area contributed by atoms with E-state index in [0.29, 0.717) is 5.56 Å². The molecule has 0 aliphatic carbocycles. The number of carbonyl (C=O) groups is 1. The monoisotopic (exact) mass is 336 g/mol. The van der Waals surface area contributed by atoms with Crippen molar-refractivity contribution < 1.29 is 9.90 Å². The van der Waals surface area contributed by atoms with Crippen LogP contribution in [0.5, 0.6) is 0 Å². The number of likely N-dealkylation sites (N-methyl/N-ethyl adjacent to an activating group) is 1. The van der Waals surface area contributed by atoms with Crippen molar-refractivity contribution in [2.75, 3.05) is 20.1 Å². The molecule has 3 atom stereocenters. The van der Waals surface area contributed by atoms with Crippen LogP contribution in [0, 0.1) is 5.41 Å². The second kappa shape index (κ2) is 5.97. The molecule has 4 heteroatoms. The lowest BCUT2D eigenvalue weighted by Gasteiger charge is -2.37. The van der Waals surface area contributed by atoms with Crippen LogP contribution in [-0.4, -0.2) is 47.0 Å². The van der Waals surface area contributed by atoms with Crippen molar-refractivity contribution in [3.05, 3.63) is 71.3 Å². The van der Waals surface area contributed by atoms with Crippen LogP contribution in [0.25, 0.3) is 0 Å². The Labute approximate surface area is 148 Å². The van der Waals surface area contributed by atoms with Gasteiger partial charge in [-0.25, -0.2) is 0 Å². The quantitative estimate of drug-likeness (QED) is 0.917. The summed E-state index contributed by atoms with van der Waals surface area (Å²) in [5, 5.41) is 11.2. The molecule has 4 rings (SSSR count). The van der Waals surface area contributed by atoms with E-state index in [-0.39, 0.29) is 17.4 Å². The number of fused-ring (bicyclic) bond motifs is 2. The average molecular weight is 336 g/mol. The maximum atomic E-state index is 12.9. The Balaban J connectivity index is 1.68. The molecule has 1 saturated heterocycles. The molecule has 0 bridgehead atoms. The highest BCUT2D eigenvalue weighted by molar-refractivity contribution is 5.96. The molecule has 130 valence electrons. The minimum atomic E-state index is -0.650. The normalized spacial score (nSPS) is 29.2. The zero-order chi connectivity index (χ0) is 17.6. The van der Waals surface area contributed by atoms with Gasteiger partial charge in [-0.15, -0.1) is 0 Å². The Morgan fingerprint density at radius 1 is 1.12 bits per heavy atom. The number of likely N-dealkylation sites (tertiary alicyclic amines) is 1. The second-order valence-electron chi connectivity index (χ2n) is 7.58. The maximum Gasteiger partial charge on any atom is 0.254 e. The zero-order valence-electron chi connectivity index (χ0n) is 14.7. The van der Waals surface area contributed by atoms with Gasteiger partial charge in [0.15, 0.2) is 0 Å². The summed E-state index contributed by atoms with van der Waals surface area (Å²) in [4.78, 5) is 17.1. The summed E-state index contributed by atoms with van der Waals surface area (Å²) in [6.45, 7) is 4.49. The van der Waals surface area contributed by atoms with E-state index in [9.17, 15) is 9.90 Å². The van der Waals surface area contributed by atoms with Gasteiger partial charge in [-0.1, -0.05) is 55.5 Å². The lowest BCUT2D eigenvalue weighted by atomic mass is 9.76. The van der Waals surface area contributed by atoms with E-state index in [2.05, 4.69) is 24.0 Å². The number of hydrogen-bond donors (Lipinski definition) is 1. The molecule has 0 radical (unpaired) electrons. The SMILES string of the molecule is CN1C(=O)c2ccccc2C(O)C2(C)CN(Cc3ccccc3)CC12. The fourth-order valence-electron chi connectivity index (χ4n) is 4.52. The van der Waals surface area contributed by atoms with E-state index >= 15 is 0 Å². The van der Waals surface area contributed by atoms with Crippen LogP contribution in [0.3, 0.4) is 0 Å². The molecule has 2 heterocycles. The number of rotatable bonds is 2. The molecule has 0 aromatic heterocycles. The Bertz CT molecular complexity index is 791. The third-order valence-corrected chi connectivity index (χ3v) is 5.90. The van der Waals surface area contributed by atoms with Crippen molar-refractivity contribution in [1.82, 2.24) is 9.80 Å². The summed E-state index contributed by atoms with van der Waals surface area (Å²) in [7, 11) is 1.87. The van der Waals surface area contributed by atoms with Crippen LogP contribution in [0.2, 0.25) is 0 Å². The number of aliphatic hydroxyl groups is 1. The Morgan fingerprint density at radius 2 is 1.80 bits per heavy atom. The first kappa shape index (κ1) is 16.3. The third-order valence-electron chi connectivity index (χ3n) is 5.90. The Kier molecular flexibility index (Phi) is 3.89. The van der Waals surface area contributed by atoms with Gasteiger partial charge in [0.2, 0.25) is 0 Å². The van der Waals surface area contributed by atoms with Crippen LogP contribution in [0.15, 0.2) is 54.6 Å². The lowest BCUT2D eigenvalue weighted by molar-refractivity contribution is 0.00629. The molecule has 1 fully saturated rings. The largest absolute Gasteiger partial charge is 0.388 e. The zero-order valence-corrected chi connectivity index (χ0v) is 14.7. The van der Waals surface area contributed by atoms with Gasteiger partial charge in [0.05, 0.1) is 12.1 Å². The summed E-state index contributed by atoms with van der Waals surface area (Å²) in [5.74, 6) is 0.00457. The third kappa shape index (κ3) is 2.57. The van der Waals surface area contributed by atoms with Crippen LogP contribution in [0.1, 0.15) is 34.5 Å². The predicted octanol–water partition coefficient (Wildman–Crippen LogP) is 2.70. The number of carbonyl (C=O) groups excluding carboxylic acids is 1. The van der Waals surface area contributed by atoms with Crippen molar-refractivity contribution in [2.24, 2.45) is 5.41 Å². The number of aliphatic hydroxyl groups excluding tert-OH is 1. The van der Waals surface area contributed by atoms with Gasteiger partial charge in [0, 0.05) is 37.7 Å². The summed E-state index contributed by atoms with van der Waals surface area (Å²) >= 11 is 0. The first-order valence-corrected chi connectivity index (χ1v) is 8.81. The highest BCUT2D eigenvalue weighted by atomic mass is 16.3. The van der Waals surface area contributed by atoms with Gasteiger partial charge < -0.3 is 10.0 Å². The number of nitrogens with zero attached hydrogens (tertiary/aromatic N) is 2. The smallest absolute Gasteiger partial charge is 0.254 e. The molecule has 4 nitrogen and oxygen atoms in total. The molecule has 1 N–H and O–H groups in total. The van der Waals surface area contributed by atoms with E-state index < -0.39 is 6.10 Å². The predicted molar refractivity (Wildman–Crippen MR) is 97.1 cm³/mol. The highest BCUT2D eigenvalue weighted by Gasteiger charge is 2.53. The van der Waals surface area contributed by atoms with Crippen molar-refractivity contribution in [1.29, 1.82) is 0 Å². The molecule has 25 heavy (non-hydrogen) atoms. The summed E-state index contributed by atoms with van der Waals surface area (Å²) in [5.41, 5.74) is 2.26. The summed E-state index contributed by atoms with van der Waals surface area (Å²) < 4.78 is 0. The number of benzene rings is 2. The van der Waals surface area contributed by atoms with Crippen LogP contribution >= 0.6 is 0 Å². The van der Waals surface area contributed by atoms with Gasteiger partial charge in [-0.3, -0.25) is 9.69 Å². The van der Waals surface area contributed by atoms with E-state index in [1.54, 1.807) is 0 Å². The second-order valence-corrected chi connectivity index (χ2v) is 7.58. The van der Waals surface area contributed by atoms with Gasteiger partial charge in [-0.05, 0) is 17.2 Å². The Hall–Kier alpha value is -2.17. The standard InChI is InChI=1S/C21H24N2O2/c1-21-14-23(12-15-8-4-3-5-9-15)13-18(21)22(2)20(25)17-11-7-6-10-16(17)19(21)24/h3-11,18-19,24H,12-14H2,1-2H3. The first-order valence-electron chi connectivity index (χ1n) is 8.81. The number of amides is 1. The van der Waals surface area contributed by atoms with E-state index in [4.69, 9.17) is 0 Å². The molecule has 2 aromatic rings. The fourth-order valence-corrected chi connectivity index (χ4v) is 4.52. The maximum absolute atomic E-state index is 12.9. The minimum Gasteiger partial charge on any atom is -0.388 e. The molecule has 2 aliphatic rings. The minimum absolute atomic E-state index is 0.00457. The molecule has 0 spiro atoms. The van der Waals surface area contributed by atoms with E-state index in [0.717, 1.165) is 25.2 Å². The summed E-state index contributed by atoms with van der Waals surface area (Å²) in [6, 6.07) is 17.8. The molecule has 1 amide bonds.